The van der Waals surface area contributed by atoms with Crippen LogP contribution in [0.2, 0.25) is 15.7 Å². The summed E-state index contributed by atoms with van der Waals surface area (Å²) >= 11 is -1.59. The van der Waals surface area contributed by atoms with E-state index in [1.54, 1.807) is 0 Å². The van der Waals surface area contributed by atoms with Crippen molar-refractivity contribution in [2.75, 3.05) is 39.3 Å². The van der Waals surface area contributed by atoms with Gasteiger partial charge in [0.15, 0.2) is 0 Å². The average molecular weight is 373 g/mol. The monoisotopic (exact) mass is 371 g/mol. The SMILES string of the molecule is Cl.Cl.Cl.[CH3][Ti]([CH3])([CH3])[N]1CCCNCCCNCCC1. The van der Waals surface area contributed by atoms with Crippen LogP contribution in [-0.2, 0) is 16.8 Å². The molecule has 1 fully saturated rings. The molecule has 1 rings (SSSR count). The van der Waals surface area contributed by atoms with E-state index in [0.29, 0.717) is 0 Å². The number of hydrogen-bond acceptors (Lipinski definition) is 3. The topological polar surface area (TPSA) is 27.3 Å². The second kappa shape index (κ2) is 14.4. The van der Waals surface area contributed by atoms with E-state index >= 15 is 0 Å². The van der Waals surface area contributed by atoms with Gasteiger partial charge in [-0.15, -0.1) is 37.2 Å². The molecule has 0 unspecified atom stereocenters. The van der Waals surface area contributed by atoms with Gasteiger partial charge in [-0.25, -0.2) is 0 Å². The molecule has 0 radical (unpaired) electrons. The Balaban J connectivity index is -0.000000853. The van der Waals surface area contributed by atoms with E-state index in [0.717, 1.165) is 0 Å². The Bertz CT molecular complexity index is 180. The summed E-state index contributed by atoms with van der Waals surface area (Å²) < 4.78 is 2.80. The van der Waals surface area contributed by atoms with E-state index in [4.69, 9.17) is 0 Å². The van der Waals surface area contributed by atoms with Crippen molar-refractivity contribution in [1.29, 1.82) is 0 Å². The van der Waals surface area contributed by atoms with Crippen LogP contribution in [0.5, 0.6) is 0 Å². The minimum absolute atomic E-state index is 0. The van der Waals surface area contributed by atoms with Crippen LogP contribution >= 0.6 is 37.2 Å². The summed E-state index contributed by atoms with van der Waals surface area (Å²) in [6.45, 7) is 7.32. The van der Waals surface area contributed by atoms with Gasteiger partial charge in [0.25, 0.3) is 0 Å². The number of nitrogens with zero attached hydrogens (tertiary/aromatic N) is 1. The molecule has 0 aromatic rings. The van der Waals surface area contributed by atoms with Crippen molar-refractivity contribution in [3.05, 3.63) is 0 Å². The maximum absolute atomic E-state index is 3.53. The fraction of sp³-hybridized carbons (Fsp3) is 1.00. The van der Waals surface area contributed by atoms with Gasteiger partial charge in [-0.1, -0.05) is 0 Å². The summed E-state index contributed by atoms with van der Waals surface area (Å²) in [5.74, 6) is 0. The van der Waals surface area contributed by atoms with Crippen molar-refractivity contribution in [3.63, 3.8) is 0 Å². The molecule has 0 atom stereocenters. The van der Waals surface area contributed by atoms with E-state index in [1.165, 1.54) is 58.5 Å². The Kier molecular flexibility index (Phi) is 19.3. The van der Waals surface area contributed by atoms with E-state index in [9.17, 15) is 0 Å². The molecule has 0 bridgehead atoms. The van der Waals surface area contributed by atoms with E-state index < -0.39 is 16.8 Å². The predicted molar refractivity (Wildman–Crippen MR) is 90.5 cm³/mol. The minimum atomic E-state index is -1.59. The Morgan fingerprint density at radius 3 is 1.42 bits per heavy atom. The van der Waals surface area contributed by atoms with Gasteiger partial charge >= 0.3 is 105 Å². The third kappa shape index (κ3) is 12.9. The van der Waals surface area contributed by atoms with E-state index in [2.05, 4.69) is 29.7 Å². The summed E-state index contributed by atoms with van der Waals surface area (Å²) in [5, 5.41) is 14.6. The average Bonchev–Trinajstić information content (AvgIpc) is 2.16. The van der Waals surface area contributed by atoms with Gasteiger partial charge in [-0.2, -0.15) is 0 Å². The van der Waals surface area contributed by atoms with Gasteiger partial charge in [0.1, 0.15) is 0 Å². The third-order valence-electron chi connectivity index (χ3n) is 3.22. The van der Waals surface area contributed by atoms with Crippen LogP contribution in [0.1, 0.15) is 19.3 Å². The molecule has 120 valence electrons. The van der Waals surface area contributed by atoms with Gasteiger partial charge in [0.05, 0.1) is 0 Å². The van der Waals surface area contributed by atoms with Gasteiger partial charge in [-0.3, -0.25) is 0 Å². The first-order valence-electron chi connectivity index (χ1n) is 6.77. The summed E-state index contributed by atoms with van der Waals surface area (Å²) in [4.78, 5) is 0. The van der Waals surface area contributed by atoms with Crippen molar-refractivity contribution in [2.45, 2.75) is 34.9 Å². The van der Waals surface area contributed by atoms with Crippen molar-refractivity contribution in [1.82, 2.24) is 14.0 Å². The zero-order valence-electron chi connectivity index (χ0n) is 12.5. The molecule has 1 aliphatic rings. The normalized spacial score (nSPS) is 19.7. The summed E-state index contributed by atoms with van der Waals surface area (Å²) in [6, 6.07) is 0. The van der Waals surface area contributed by atoms with Crippen LogP contribution < -0.4 is 10.6 Å². The van der Waals surface area contributed by atoms with Gasteiger partial charge in [-0.05, 0) is 0 Å². The molecular weight excluding hydrogens is 340 g/mol. The third-order valence-corrected chi connectivity index (χ3v) is 6.88. The summed E-state index contributed by atoms with van der Waals surface area (Å²) in [7, 11) is 0. The fourth-order valence-electron chi connectivity index (χ4n) is 2.16. The first kappa shape index (κ1) is 25.4. The number of rotatable bonds is 1. The molecule has 0 aliphatic carbocycles. The van der Waals surface area contributed by atoms with Crippen LogP contribution in [0, 0.1) is 0 Å². The number of hydrogen-bond donors (Lipinski definition) is 2. The second-order valence-electron chi connectivity index (χ2n) is 5.72. The molecule has 2 N–H and O–H groups in total. The Morgan fingerprint density at radius 2 is 1.05 bits per heavy atom. The summed E-state index contributed by atoms with van der Waals surface area (Å²) in [5.41, 5.74) is 0. The second-order valence-corrected chi connectivity index (χ2v) is 13.5. The van der Waals surface area contributed by atoms with E-state index in [1.807, 2.05) is 0 Å². The molecule has 1 saturated heterocycles. The van der Waals surface area contributed by atoms with Crippen LogP contribution in [0.4, 0.5) is 0 Å². The molecule has 0 saturated carbocycles. The molecule has 1 heterocycles. The molecule has 7 heteroatoms. The molecule has 0 amide bonds. The predicted octanol–water partition coefficient (Wildman–Crippen LogP) is 3.13. The van der Waals surface area contributed by atoms with Gasteiger partial charge in [0, 0.05) is 0 Å². The molecule has 0 aromatic carbocycles. The number of halogens is 3. The fourth-order valence-corrected chi connectivity index (χ4v) is 4.75. The molecular formula is C12H32Cl3N3Ti. The van der Waals surface area contributed by atoms with Crippen LogP contribution in [0.15, 0.2) is 0 Å². The van der Waals surface area contributed by atoms with Crippen molar-refractivity contribution >= 4 is 37.2 Å². The summed E-state index contributed by atoms with van der Waals surface area (Å²) in [6.07, 6.45) is 3.90. The van der Waals surface area contributed by atoms with E-state index in [-0.39, 0.29) is 37.2 Å². The Labute approximate surface area is 141 Å². The molecule has 19 heavy (non-hydrogen) atoms. The van der Waals surface area contributed by atoms with Crippen molar-refractivity contribution in [3.8, 4) is 0 Å². The zero-order chi connectivity index (χ0) is 11.9. The Hall–Kier alpha value is 1.46. The quantitative estimate of drug-likeness (QED) is 0.693. The Morgan fingerprint density at radius 1 is 0.684 bits per heavy atom. The first-order valence-corrected chi connectivity index (χ1v) is 12.2. The van der Waals surface area contributed by atoms with Crippen LogP contribution in [0.3, 0.4) is 0 Å². The van der Waals surface area contributed by atoms with Crippen molar-refractivity contribution < 1.29 is 16.8 Å². The van der Waals surface area contributed by atoms with Gasteiger partial charge < -0.3 is 0 Å². The zero-order valence-corrected chi connectivity index (χ0v) is 16.5. The molecule has 0 aromatic heterocycles. The first-order chi connectivity index (χ1) is 7.61. The molecule has 0 spiro atoms. The van der Waals surface area contributed by atoms with Gasteiger partial charge in [0.2, 0.25) is 0 Å². The molecule has 3 nitrogen and oxygen atoms in total. The standard InChI is InChI=1S/C9H20N3.3CH3.3ClH.Ti/c1-4-10-6-2-8-12-9-3-7-11-5-1;;;;;;;/h10-11H,1-9H2;3*1H3;3*1H;/q-1;;;;;;;+1. The van der Waals surface area contributed by atoms with Crippen molar-refractivity contribution in [2.24, 2.45) is 0 Å². The molecule has 1 aliphatic heterocycles. The van der Waals surface area contributed by atoms with Crippen LogP contribution in [0.25, 0.3) is 0 Å². The van der Waals surface area contributed by atoms with Crippen LogP contribution in [-0.4, -0.2) is 42.7 Å². The number of nitrogens with one attached hydrogen (secondary N) is 2. The maximum atomic E-state index is 3.53.